The fourth-order valence-electron chi connectivity index (χ4n) is 0.906. The molecule has 2 atom stereocenters. The lowest BCUT2D eigenvalue weighted by atomic mass is 10.1. The molecule has 1 rings (SSSR count). The first kappa shape index (κ1) is 9.38. The summed E-state index contributed by atoms with van der Waals surface area (Å²) in [6.45, 7) is 0. The van der Waals surface area contributed by atoms with E-state index in [-0.39, 0.29) is 5.75 Å². The molecule has 12 heavy (non-hydrogen) atoms. The van der Waals surface area contributed by atoms with Gasteiger partial charge in [-0.15, -0.1) is 0 Å². The molecule has 0 radical (unpaired) electrons. The monoisotopic (exact) mass is 186 g/mol. The second-order valence-electron chi connectivity index (χ2n) is 2.41. The van der Waals surface area contributed by atoms with Gasteiger partial charge >= 0.3 is 0 Å². The van der Waals surface area contributed by atoms with E-state index in [9.17, 15) is 9.32 Å². The average molecular weight is 186 g/mol. The van der Waals surface area contributed by atoms with Crippen LogP contribution in [0.25, 0.3) is 0 Å². The zero-order valence-electron chi connectivity index (χ0n) is 6.38. The van der Waals surface area contributed by atoms with Crippen LogP contribution in [-0.4, -0.2) is 19.6 Å². The van der Waals surface area contributed by atoms with Gasteiger partial charge in [0.1, 0.15) is 0 Å². The van der Waals surface area contributed by atoms with Crippen molar-refractivity contribution >= 4 is 11.1 Å². The molecule has 4 heteroatoms. The van der Waals surface area contributed by atoms with Gasteiger partial charge in [-0.3, -0.25) is 0 Å². The Kier molecular flexibility index (Phi) is 3.40. The maximum absolute atomic E-state index is 10.3. The Labute approximate surface area is 73.3 Å². The van der Waals surface area contributed by atoms with Gasteiger partial charge in [-0.2, -0.15) is 0 Å². The van der Waals surface area contributed by atoms with Gasteiger partial charge in [-0.05, 0) is 5.56 Å². The van der Waals surface area contributed by atoms with Crippen LogP contribution >= 0.6 is 0 Å². The minimum Gasteiger partial charge on any atom is -0.387 e. The Morgan fingerprint density at radius 2 is 1.92 bits per heavy atom. The third kappa shape index (κ3) is 2.73. The number of hydrogen-bond acceptors (Lipinski definition) is 2. The van der Waals surface area contributed by atoms with E-state index in [1.165, 1.54) is 0 Å². The van der Waals surface area contributed by atoms with Crippen LogP contribution in [0.5, 0.6) is 0 Å². The summed E-state index contributed by atoms with van der Waals surface area (Å²) >= 11 is -1.95. The van der Waals surface area contributed by atoms with E-state index in [0.29, 0.717) is 5.56 Å². The molecule has 0 heterocycles. The predicted molar refractivity (Wildman–Crippen MR) is 47.0 cm³/mol. The SMILES string of the molecule is O=S(O)CC(O)c1ccccc1. The molecular weight excluding hydrogens is 176 g/mol. The van der Waals surface area contributed by atoms with Crippen molar-refractivity contribution in [1.29, 1.82) is 0 Å². The van der Waals surface area contributed by atoms with Crippen molar-refractivity contribution in [3.05, 3.63) is 35.9 Å². The predicted octanol–water partition coefficient (Wildman–Crippen LogP) is 0.942. The number of aliphatic hydroxyl groups excluding tert-OH is 1. The molecule has 0 bridgehead atoms. The van der Waals surface area contributed by atoms with Gasteiger partial charge in [-0.25, -0.2) is 4.21 Å². The van der Waals surface area contributed by atoms with Gasteiger partial charge in [0.25, 0.3) is 0 Å². The first-order valence-corrected chi connectivity index (χ1v) is 4.78. The number of hydrogen-bond donors (Lipinski definition) is 2. The first-order chi connectivity index (χ1) is 5.70. The van der Waals surface area contributed by atoms with Crippen LogP contribution < -0.4 is 0 Å². The highest BCUT2D eigenvalue weighted by Crippen LogP contribution is 2.12. The molecular formula is C8H10O3S. The summed E-state index contributed by atoms with van der Waals surface area (Å²) < 4.78 is 18.8. The van der Waals surface area contributed by atoms with Crippen molar-refractivity contribution in [2.45, 2.75) is 6.10 Å². The smallest absolute Gasteiger partial charge is 0.155 e. The summed E-state index contributed by atoms with van der Waals surface area (Å²) in [6.07, 6.45) is -0.850. The quantitative estimate of drug-likeness (QED) is 0.691. The molecule has 0 saturated heterocycles. The van der Waals surface area contributed by atoms with Gasteiger partial charge in [0.15, 0.2) is 11.1 Å². The third-order valence-corrected chi connectivity index (χ3v) is 2.09. The van der Waals surface area contributed by atoms with Crippen molar-refractivity contribution in [2.75, 3.05) is 5.75 Å². The second-order valence-corrected chi connectivity index (χ2v) is 3.39. The van der Waals surface area contributed by atoms with Crippen LogP contribution in [0.4, 0.5) is 0 Å². The zero-order chi connectivity index (χ0) is 8.97. The fraction of sp³-hybridized carbons (Fsp3) is 0.250. The molecule has 2 N–H and O–H groups in total. The van der Waals surface area contributed by atoms with Gasteiger partial charge in [-0.1, -0.05) is 30.3 Å². The molecule has 66 valence electrons. The molecule has 0 amide bonds. The molecule has 1 aromatic rings. The molecule has 0 saturated carbocycles. The van der Waals surface area contributed by atoms with Gasteiger partial charge < -0.3 is 9.66 Å². The minimum atomic E-state index is -1.95. The van der Waals surface area contributed by atoms with E-state index in [0.717, 1.165) is 0 Å². The van der Waals surface area contributed by atoms with E-state index < -0.39 is 17.2 Å². The standard InChI is InChI=1S/C8H10O3S/c9-8(6-12(10)11)7-4-2-1-3-5-7/h1-5,8-9H,6H2,(H,10,11). The maximum Gasteiger partial charge on any atom is 0.155 e. The lowest BCUT2D eigenvalue weighted by Crippen LogP contribution is -2.07. The summed E-state index contributed by atoms with van der Waals surface area (Å²) in [5.41, 5.74) is 0.667. The van der Waals surface area contributed by atoms with Gasteiger partial charge in [0, 0.05) is 0 Å². The van der Waals surface area contributed by atoms with Crippen molar-refractivity contribution in [1.82, 2.24) is 0 Å². The Balaban J connectivity index is 2.65. The van der Waals surface area contributed by atoms with Crippen molar-refractivity contribution < 1.29 is 13.9 Å². The summed E-state index contributed by atoms with van der Waals surface area (Å²) in [5, 5.41) is 9.34. The van der Waals surface area contributed by atoms with Crippen molar-refractivity contribution in [3.8, 4) is 0 Å². The van der Waals surface area contributed by atoms with Crippen molar-refractivity contribution in [3.63, 3.8) is 0 Å². The summed E-state index contributed by atoms with van der Waals surface area (Å²) in [5.74, 6) is -0.135. The lowest BCUT2D eigenvalue weighted by Gasteiger charge is -2.06. The normalized spacial score (nSPS) is 15.5. The molecule has 0 aliphatic heterocycles. The summed E-state index contributed by atoms with van der Waals surface area (Å²) in [6, 6.07) is 8.82. The maximum atomic E-state index is 10.3. The van der Waals surface area contributed by atoms with Crippen molar-refractivity contribution in [2.24, 2.45) is 0 Å². The van der Waals surface area contributed by atoms with E-state index in [1.54, 1.807) is 24.3 Å². The second kappa shape index (κ2) is 4.35. The van der Waals surface area contributed by atoms with Crippen LogP contribution in [0.1, 0.15) is 11.7 Å². The molecule has 1 aromatic carbocycles. The average Bonchev–Trinajstić information content (AvgIpc) is 2.05. The molecule has 0 aromatic heterocycles. The summed E-state index contributed by atoms with van der Waals surface area (Å²) in [4.78, 5) is 0. The minimum absolute atomic E-state index is 0.135. The highest BCUT2D eigenvalue weighted by molar-refractivity contribution is 7.79. The number of rotatable bonds is 3. The van der Waals surface area contributed by atoms with E-state index >= 15 is 0 Å². The van der Waals surface area contributed by atoms with Crippen LogP contribution in [-0.2, 0) is 11.1 Å². The van der Waals surface area contributed by atoms with Crippen LogP contribution in [0.15, 0.2) is 30.3 Å². The highest BCUT2D eigenvalue weighted by atomic mass is 32.2. The highest BCUT2D eigenvalue weighted by Gasteiger charge is 2.08. The Morgan fingerprint density at radius 1 is 1.33 bits per heavy atom. The topological polar surface area (TPSA) is 57.5 Å². The Morgan fingerprint density at radius 3 is 2.42 bits per heavy atom. The van der Waals surface area contributed by atoms with Crippen LogP contribution in [0, 0.1) is 0 Å². The van der Waals surface area contributed by atoms with Crippen LogP contribution in [0.2, 0.25) is 0 Å². The molecule has 2 unspecified atom stereocenters. The third-order valence-electron chi connectivity index (χ3n) is 1.48. The summed E-state index contributed by atoms with van der Waals surface area (Å²) in [7, 11) is 0. The van der Waals surface area contributed by atoms with Gasteiger partial charge in [0.05, 0.1) is 11.9 Å². The van der Waals surface area contributed by atoms with Crippen LogP contribution in [0.3, 0.4) is 0 Å². The lowest BCUT2D eigenvalue weighted by molar-refractivity contribution is 0.201. The molecule has 3 nitrogen and oxygen atoms in total. The van der Waals surface area contributed by atoms with E-state index in [2.05, 4.69) is 0 Å². The first-order valence-electron chi connectivity index (χ1n) is 3.50. The Bertz CT molecular complexity index is 260. The fourth-order valence-corrected chi connectivity index (χ4v) is 1.37. The Hall–Kier alpha value is -0.710. The molecule has 0 fully saturated rings. The molecule has 0 aliphatic carbocycles. The number of benzene rings is 1. The van der Waals surface area contributed by atoms with Gasteiger partial charge in [0.2, 0.25) is 0 Å². The van der Waals surface area contributed by atoms with E-state index in [4.69, 9.17) is 4.55 Å². The largest absolute Gasteiger partial charge is 0.387 e. The molecule has 0 aliphatic rings. The number of aliphatic hydroxyl groups is 1. The zero-order valence-corrected chi connectivity index (χ0v) is 7.20. The van der Waals surface area contributed by atoms with E-state index in [1.807, 2.05) is 6.07 Å². The molecule has 0 spiro atoms.